The zero-order valence-electron chi connectivity index (χ0n) is 20.3. The Labute approximate surface area is 227 Å². The molecule has 0 saturated heterocycles. The van der Waals surface area contributed by atoms with E-state index < -0.39 is 13.9 Å². The maximum absolute atomic E-state index is 13.4. The zero-order valence-corrected chi connectivity index (χ0v) is 22.0. The maximum Gasteiger partial charge on any atom is 0.469 e. The van der Waals surface area contributed by atoms with Crippen LogP contribution in [0.3, 0.4) is 0 Å². The Morgan fingerprint density at radius 2 is 1.97 bits per heavy atom. The molecule has 1 atom stereocenters. The molecule has 202 valence electrons. The van der Waals surface area contributed by atoms with Crippen molar-refractivity contribution in [1.82, 2.24) is 9.97 Å². The molecule has 0 saturated carbocycles. The van der Waals surface area contributed by atoms with E-state index in [4.69, 9.17) is 30.9 Å². The lowest BCUT2D eigenvalue weighted by atomic mass is 10.1. The molecule has 0 spiro atoms. The summed E-state index contributed by atoms with van der Waals surface area (Å²) in [7, 11) is -4.56. The molecule has 39 heavy (non-hydrogen) atoms. The number of hydrogen-bond acceptors (Lipinski definition) is 8. The highest BCUT2D eigenvalue weighted by atomic mass is 35.5. The SMILES string of the molecule is O=P(O)(O)OCC1COC(Cc2ccc3ncnc(Nc4ccc(OCc5cccc(F)c5)c(Cl)c4)c3c2)=N1. The monoisotopic (exact) mass is 572 g/mol. The van der Waals surface area contributed by atoms with Gasteiger partial charge in [-0.2, -0.15) is 0 Å². The van der Waals surface area contributed by atoms with Crippen molar-refractivity contribution in [3.63, 3.8) is 0 Å². The molecule has 4 aromatic rings. The van der Waals surface area contributed by atoms with Gasteiger partial charge in [-0.1, -0.05) is 29.8 Å². The van der Waals surface area contributed by atoms with Crippen LogP contribution in [0.2, 0.25) is 5.02 Å². The van der Waals surface area contributed by atoms with Gasteiger partial charge in [0.15, 0.2) is 5.90 Å². The van der Waals surface area contributed by atoms with Gasteiger partial charge in [0.05, 0.1) is 17.1 Å². The fourth-order valence-corrected chi connectivity index (χ4v) is 4.55. The van der Waals surface area contributed by atoms with Crippen LogP contribution in [0.15, 0.2) is 72.0 Å². The minimum atomic E-state index is -4.56. The number of aliphatic imine (C=N–C) groups is 1. The first-order valence-electron chi connectivity index (χ1n) is 11.8. The molecule has 10 nitrogen and oxygen atoms in total. The van der Waals surface area contributed by atoms with E-state index in [2.05, 4.69) is 24.8 Å². The molecule has 0 radical (unpaired) electrons. The average molecular weight is 573 g/mol. The summed E-state index contributed by atoms with van der Waals surface area (Å²) < 4.78 is 40.2. The Hall–Kier alpha value is -3.60. The van der Waals surface area contributed by atoms with Crippen LogP contribution in [-0.4, -0.2) is 44.9 Å². The van der Waals surface area contributed by atoms with Crippen molar-refractivity contribution >= 4 is 47.7 Å². The van der Waals surface area contributed by atoms with Crippen LogP contribution in [0.5, 0.6) is 5.75 Å². The number of halogens is 2. The summed E-state index contributed by atoms with van der Waals surface area (Å²) in [5.74, 6) is 1.14. The fourth-order valence-electron chi connectivity index (χ4n) is 3.94. The quantitative estimate of drug-likeness (QED) is 0.219. The Morgan fingerprint density at radius 1 is 1.10 bits per heavy atom. The van der Waals surface area contributed by atoms with E-state index in [1.807, 2.05) is 18.2 Å². The maximum atomic E-state index is 13.4. The highest BCUT2D eigenvalue weighted by molar-refractivity contribution is 7.46. The first-order chi connectivity index (χ1) is 18.7. The number of benzene rings is 3. The van der Waals surface area contributed by atoms with Crippen molar-refractivity contribution in [3.8, 4) is 5.75 Å². The number of phosphoric ester groups is 1. The van der Waals surface area contributed by atoms with E-state index in [0.29, 0.717) is 40.2 Å². The molecule has 13 heteroatoms. The van der Waals surface area contributed by atoms with Crippen molar-refractivity contribution in [2.45, 2.75) is 19.1 Å². The normalized spacial score (nSPS) is 15.2. The van der Waals surface area contributed by atoms with Crippen LogP contribution in [0.1, 0.15) is 11.1 Å². The third-order valence-corrected chi connectivity index (χ3v) is 6.52. The largest absolute Gasteiger partial charge is 0.487 e. The van der Waals surface area contributed by atoms with Crippen LogP contribution in [0.25, 0.3) is 10.9 Å². The van der Waals surface area contributed by atoms with Gasteiger partial charge >= 0.3 is 7.82 Å². The first-order valence-corrected chi connectivity index (χ1v) is 13.7. The topological polar surface area (TPSA) is 135 Å². The van der Waals surface area contributed by atoms with Crippen molar-refractivity contribution in [3.05, 3.63) is 89.0 Å². The lowest BCUT2D eigenvalue weighted by Gasteiger charge is -2.12. The Bertz CT molecular complexity index is 1580. The average Bonchev–Trinajstić information content (AvgIpc) is 3.34. The molecule has 0 amide bonds. The van der Waals surface area contributed by atoms with E-state index in [1.165, 1.54) is 18.5 Å². The minimum absolute atomic E-state index is 0.177. The number of hydrogen-bond donors (Lipinski definition) is 3. The second-order valence-electron chi connectivity index (χ2n) is 8.71. The van der Waals surface area contributed by atoms with Gasteiger partial charge in [-0.25, -0.2) is 23.9 Å². The van der Waals surface area contributed by atoms with Gasteiger partial charge in [0, 0.05) is 17.5 Å². The fraction of sp³-hybridized carbons (Fsp3) is 0.192. The molecule has 3 aromatic carbocycles. The van der Waals surface area contributed by atoms with E-state index in [0.717, 1.165) is 16.5 Å². The third kappa shape index (κ3) is 7.29. The van der Waals surface area contributed by atoms with Crippen LogP contribution < -0.4 is 10.1 Å². The smallest absolute Gasteiger partial charge is 0.469 e. The van der Waals surface area contributed by atoms with Gasteiger partial charge in [0.1, 0.15) is 43.0 Å². The van der Waals surface area contributed by atoms with Crippen molar-refractivity contribution in [1.29, 1.82) is 0 Å². The van der Waals surface area contributed by atoms with Crippen LogP contribution in [0, 0.1) is 5.82 Å². The summed E-state index contributed by atoms with van der Waals surface area (Å²) >= 11 is 6.44. The molecule has 5 rings (SSSR count). The summed E-state index contributed by atoms with van der Waals surface area (Å²) in [6.45, 7) is 0.127. The molecule has 2 heterocycles. The predicted molar refractivity (Wildman–Crippen MR) is 144 cm³/mol. The van der Waals surface area contributed by atoms with Crippen molar-refractivity contribution in [2.75, 3.05) is 18.5 Å². The van der Waals surface area contributed by atoms with E-state index in [1.54, 1.807) is 30.3 Å². The molecule has 0 aliphatic carbocycles. The molecule has 0 bridgehead atoms. The summed E-state index contributed by atoms with van der Waals surface area (Å²) in [4.78, 5) is 30.8. The first kappa shape index (κ1) is 27.0. The summed E-state index contributed by atoms with van der Waals surface area (Å²) in [6.07, 6.45) is 1.83. The van der Waals surface area contributed by atoms with E-state index in [-0.39, 0.29) is 25.6 Å². The highest BCUT2D eigenvalue weighted by Gasteiger charge is 2.23. The molecule has 3 N–H and O–H groups in total. The number of ether oxygens (including phenoxy) is 2. The summed E-state index contributed by atoms with van der Waals surface area (Å²) in [6, 6.07) is 16.6. The van der Waals surface area contributed by atoms with E-state index >= 15 is 0 Å². The van der Waals surface area contributed by atoms with Crippen molar-refractivity contribution < 1.29 is 32.7 Å². The lowest BCUT2D eigenvalue weighted by Crippen LogP contribution is -2.13. The molecule has 1 unspecified atom stereocenters. The van der Waals surface area contributed by atoms with Crippen molar-refractivity contribution in [2.24, 2.45) is 4.99 Å². The summed E-state index contributed by atoms with van der Waals surface area (Å²) in [5, 5.41) is 4.40. The van der Waals surface area contributed by atoms with Gasteiger partial charge in [-0.3, -0.25) is 4.52 Å². The standard InChI is InChI=1S/C26H23ClFN4O6P/c27-22-11-19(5-7-24(22)36-12-17-2-1-3-18(28)8-17)32-26-21-9-16(4-6-23(21)29-15-30-26)10-25-31-20(13-37-25)14-38-39(33,34)35/h1-9,11,15,20H,10,12-14H2,(H,29,30,32)(H2,33,34,35). The predicted octanol–water partition coefficient (Wildman–Crippen LogP) is 5.19. The molecule has 0 fully saturated rings. The second kappa shape index (κ2) is 11.6. The van der Waals surface area contributed by atoms with Gasteiger partial charge < -0.3 is 24.6 Å². The Morgan fingerprint density at radius 3 is 2.77 bits per heavy atom. The Balaban J connectivity index is 1.28. The third-order valence-electron chi connectivity index (χ3n) is 5.74. The summed E-state index contributed by atoms with van der Waals surface area (Å²) in [5.41, 5.74) is 2.98. The molecular formula is C26H23ClFN4O6P. The molecule has 1 aromatic heterocycles. The molecule has 1 aliphatic heterocycles. The Kier molecular flexibility index (Phi) is 8.06. The highest BCUT2D eigenvalue weighted by Crippen LogP contribution is 2.36. The van der Waals surface area contributed by atoms with Gasteiger partial charge in [0.2, 0.25) is 0 Å². The van der Waals surface area contributed by atoms with Crippen LogP contribution in [-0.2, 0) is 26.9 Å². The number of rotatable bonds is 10. The number of aromatic nitrogens is 2. The van der Waals surface area contributed by atoms with Gasteiger partial charge in [0.25, 0.3) is 0 Å². The number of phosphoric acid groups is 1. The van der Waals surface area contributed by atoms with Gasteiger partial charge in [-0.15, -0.1) is 0 Å². The number of nitrogens with one attached hydrogen (secondary N) is 1. The van der Waals surface area contributed by atoms with Gasteiger partial charge in [-0.05, 0) is 53.6 Å². The number of anilines is 2. The van der Waals surface area contributed by atoms with Crippen LogP contribution >= 0.6 is 19.4 Å². The minimum Gasteiger partial charge on any atom is -0.487 e. The molecular weight excluding hydrogens is 550 g/mol. The number of nitrogens with zero attached hydrogens (tertiary/aromatic N) is 3. The zero-order chi connectivity index (χ0) is 27.4. The molecule has 1 aliphatic rings. The lowest BCUT2D eigenvalue weighted by molar-refractivity contribution is 0.175. The number of fused-ring (bicyclic) bond motifs is 1. The second-order valence-corrected chi connectivity index (χ2v) is 10.4. The van der Waals surface area contributed by atoms with E-state index in [9.17, 15) is 8.96 Å². The van der Waals surface area contributed by atoms with Crippen LogP contribution in [0.4, 0.5) is 15.9 Å².